The topological polar surface area (TPSA) is 52.7 Å². The van der Waals surface area contributed by atoms with E-state index in [4.69, 9.17) is 0 Å². The third kappa shape index (κ3) is 4.20. The van der Waals surface area contributed by atoms with Gasteiger partial charge in [-0.05, 0) is 24.6 Å². The lowest BCUT2D eigenvalue weighted by Gasteiger charge is -2.34. The molecule has 0 aromatic heterocycles. The average Bonchev–Trinajstić information content (AvgIpc) is 2.48. The fraction of sp³-hybridized carbons (Fsp3) is 0.467. The number of carbonyl (C=O) groups is 2. The van der Waals surface area contributed by atoms with Crippen molar-refractivity contribution in [2.45, 2.75) is 13.8 Å². The molecule has 1 aromatic rings. The number of amides is 2. The Morgan fingerprint density at radius 2 is 1.81 bits per heavy atom. The van der Waals surface area contributed by atoms with Gasteiger partial charge in [-0.2, -0.15) is 0 Å². The number of nitrogens with one attached hydrogen (secondary N) is 1. The van der Waals surface area contributed by atoms with Crippen molar-refractivity contribution >= 4 is 33.4 Å². The molecule has 0 spiro atoms. The average molecular weight is 354 g/mol. The molecule has 0 unspecified atom stereocenters. The first kappa shape index (κ1) is 15.8. The monoisotopic (exact) mass is 353 g/mol. The zero-order chi connectivity index (χ0) is 15.4. The molecule has 0 aliphatic carbocycles. The van der Waals surface area contributed by atoms with E-state index in [0.717, 1.165) is 15.7 Å². The Bertz CT molecular complexity index is 540. The van der Waals surface area contributed by atoms with Gasteiger partial charge >= 0.3 is 0 Å². The maximum atomic E-state index is 12.1. The Kier molecular flexibility index (Phi) is 5.22. The van der Waals surface area contributed by atoms with E-state index in [-0.39, 0.29) is 18.4 Å². The van der Waals surface area contributed by atoms with Gasteiger partial charge in [-0.1, -0.05) is 22.0 Å². The highest BCUT2D eigenvalue weighted by atomic mass is 79.9. The molecular formula is C15H20BrN3O2. The highest BCUT2D eigenvalue weighted by Crippen LogP contribution is 2.20. The Morgan fingerprint density at radius 1 is 1.19 bits per heavy atom. The Hall–Kier alpha value is -1.56. The third-order valence-electron chi connectivity index (χ3n) is 3.69. The van der Waals surface area contributed by atoms with Gasteiger partial charge in [-0.3, -0.25) is 9.59 Å². The van der Waals surface area contributed by atoms with Gasteiger partial charge < -0.3 is 15.1 Å². The van der Waals surface area contributed by atoms with Crippen LogP contribution in [0.1, 0.15) is 12.5 Å². The minimum atomic E-state index is 0.0647. The van der Waals surface area contributed by atoms with Crippen molar-refractivity contribution in [1.82, 2.24) is 9.80 Å². The Labute approximate surface area is 133 Å². The van der Waals surface area contributed by atoms with E-state index in [2.05, 4.69) is 21.2 Å². The van der Waals surface area contributed by atoms with Gasteiger partial charge in [-0.25, -0.2) is 0 Å². The number of carbonyl (C=O) groups excluding carboxylic acids is 2. The molecule has 2 rings (SSSR count). The summed E-state index contributed by atoms with van der Waals surface area (Å²) in [7, 11) is 0. The summed E-state index contributed by atoms with van der Waals surface area (Å²) in [5.74, 6) is 0.139. The number of nitrogens with zero attached hydrogens (tertiary/aromatic N) is 2. The standard InChI is InChI=1S/C15H20BrN3O2/c1-11-3-4-13(9-14(11)16)17-10-15(21)19-7-5-18(6-8-19)12(2)20/h3-4,9,17H,5-8,10H2,1-2H3. The van der Waals surface area contributed by atoms with Crippen LogP contribution >= 0.6 is 15.9 Å². The lowest BCUT2D eigenvalue weighted by Crippen LogP contribution is -2.51. The van der Waals surface area contributed by atoms with Gasteiger partial charge in [0.2, 0.25) is 11.8 Å². The molecule has 0 saturated carbocycles. The predicted molar refractivity (Wildman–Crippen MR) is 86.2 cm³/mol. The molecule has 1 aromatic carbocycles. The van der Waals surface area contributed by atoms with E-state index < -0.39 is 0 Å². The first-order valence-electron chi connectivity index (χ1n) is 7.00. The van der Waals surface area contributed by atoms with Crippen LogP contribution in [0.25, 0.3) is 0 Å². The summed E-state index contributed by atoms with van der Waals surface area (Å²) in [5, 5.41) is 3.14. The molecule has 1 heterocycles. The van der Waals surface area contributed by atoms with E-state index in [1.807, 2.05) is 25.1 Å². The molecule has 114 valence electrons. The lowest BCUT2D eigenvalue weighted by molar-refractivity contribution is -0.137. The number of aryl methyl sites for hydroxylation is 1. The minimum absolute atomic E-state index is 0.0647. The summed E-state index contributed by atoms with van der Waals surface area (Å²) >= 11 is 3.48. The molecule has 6 heteroatoms. The number of hydrogen-bond donors (Lipinski definition) is 1. The van der Waals surface area contributed by atoms with Gasteiger partial charge in [-0.15, -0.1) is 0 Å². The van der Waals surface area contributed by atoms with Crippen LogP contribution in [-0.4, -0.2) is 54.3 Å². The summed E-state index contributed by atoms with van der Waals surface area (Å²) in [6.45, 7) is 6.32. The van der Waals surface area contributed by atoms with E-state index in [1.54, 1.807) is 16.7 Å². The van der Waals surface area contributed by atoms with Crippen molar-refractivity contribution in [3.05, 3.63) is 28.2 Å². The molecule has 1 fully saturated rings. The van der Waals surface area contributed by atoms with Crippen LogP contribution in [0.15, 0.2) is 22.7 Å². The van der Waals surface area contributed by atoms with Crippen molar-refractivity contribution in [3.8, 4) is 0 Å². The summed E-state index contributed by atoms with van der Waals surface area (Å²) < 4.78 is 1.02. The lowest BCUT2D eigenvalue weighted by atomic mass is 10.2. The predicted octanol–water partition coefficient (Wildman–Crippen LogP) is 1.86. The zero-order valence-corrected chi connectivity index (χ0v) is 13.9. The zero-order valence-electron chi connectivity index (χ0n) is 12.4. The van der Waals surface area contributed by atoms with Crippen LogP contribution in [0, 0.1) is 6.92 Å². The number of rotatable bonds is 3. The van der Waals surface area contributed by atoms with Gasteiger partial charge in [0.15, 0.2) is 0 Å². The van der Waals surface area contributed by atoms with E-state index in [1.165, 1.54) is 0 Å². The highest BCUT2D eigenvalue weighted by molar-refractivity contribution is 9.10. The summed E-state index contributed by atoms with van der Waals surface area (Å²) in [6, 6.07) is 5.93. The van der Waals surface area contributed by atoms with Crippen molar-refractivity contribution < 1.29 is 9.59 Å². The first-order valence-corrected chi connectivity index (χ1v) is 7.80. The van der Waals surface area contributed by atoms with Crippen molar-refractivity contribution in [1.29, 1.82) is 0 Å². The van der Waals surface area contributed by atoms with E-state index >= 15 is 0 Å². The summed E-state index contributed by atoms with van der Waals surface area (Å²) in [6.07, 6.45) is 0. The smallest absolute Gasteiger partial charge is 0.241 e. The van der Waals surface area contributed by atoms with Crippen LogP contribution in [0.5, 0.6) is 0 Å². The molecule has 2 amide bonds. The number of anilines is 1. The normalized spacial score (nSPS) is 15.0. The van der Waals surface area contributed by atoms with Crippen molar-refractivity contribution in [2.75, 3.05) is 38.0 Å². The molecule has 1 N–H and O–H groups in total. The quantitative estimate of drug-likeness (QED) is 0.902. The second kappa shape index (κ2) is 6.93. The van der Waals surface area contributed by atoms with Gasteiger partial charge in [0.25, 0.3) is 0 Å². The van der Waals surface area contributed by atoms with Gasteiger partial charge in [0.05, 0.1) is 6.54 Å². The maximum Gasteiger partial charge on any atom is 0.241 e. The molecule has 5 nitrogen and oxygen atoms in total. The second-order valence-corrected chi connectivity index (χ2v) is 6.06. The number of halogens is 1. The number of hydrogen-bond acceptors (Lipinski definition) is 3. The van der Waals surface area contributed by atoms with Crippen LogP contribution in [-0.2, 0) is 9.59 Å². The van der Waals surface area contributed by atoms with Gasteiger partial charge in [0, 0.05) is 43.3 Å². The van der Waals surface area contributed by atoms with E-state index in [9.17, 15) is 9.59 Å². The maximum absolute atomic E-state index is 12.1. The fourth-order valence-electron chi connectivity index (χ4n) is 2.26. The molecule has 1 aliphatic rings. The fourth-order valence-corrected chi connectivity index (χ4v) is 2.64. The Balaban J connectivity index is 1.82. The number of benzene rings is 1. The summed E-state index contributed by atoms with van der Waals surface area (Å²) in [5.41, 5.74) is 2.08. The largest absolute Gasteiger partial charge is 0.376 e. The van der Waals surface area contributed by atoms with Crippen LogP contribution in [0.3, 0.4) is 0 Å². The Morgan fingerprint density at radius 3 is 2.38 bits per heavy atom. The van der Waals surface area contributed by atoms with Crippen molar-refractivity contribution in [2.24, 2.45) is 0 Å². The van der Waals surface area contributed by atoms with Crippen LogP contribution < -0.4 is 5.32 Å². The second-order valence-electron chi connectivity index (χ2n) is 5.20. The molecule has 0 radical (unpaired) electrons. The molecule has 21 heavy (non-hydrogen) atoms. The van der Waals surface area contributed by atoms with Crippen LogP contribution in [0.2, 0.25) is 0 Å². The third-order valence-corrected chi connectivity index (χ3v) is 4.55. The van der Waals surface area contributed by atoms with Gasteiger partial charge in [0.1, 0.15) is 0 Å². The SMILES string of the molecule is CC(=O)N1CCN(C(=O)CNc2ccc(C)c(Br)c2)CC1. The first-order chi connectivity index (χ1) is 9.97. The van der Waals surface area contributed by atoms with Crippen LogP contribution in [0.4, 0.5) is 5.69 Å². The van der Waals surface area contributed by atoms with E-state index in [0.29, 0.717) is 26.2 Å². The highest BCUT2D eigenvalue weighted by Gasteiger charge is 2.21. The minimum Gasteiger partial charge on any atom is -0.376 e. The summed E-state index contributed by atoms with van der Waals surface area (Å²) in [4.78, 5) is 27.0. The molecule has 1 aliphatic heterocycles. The molecule has 0 bridgehead atoms. The molecular weight excluding hydrogens is 334 g/mol. The van der Waals surface area contributed by atoms with Crippen molar-refractivity contribution in [3.63, 3.8) is 0 Å². The molecule has 1 saturated heterocycles. The molecule has 0 atom stereocenters. The number of piperazine rings is 1.